The number of aromatic amines is 1. The van der Waals surface area contributed by atoms with Gasteiger partial charge in [-0.1, -0.05) is 60.1 Å². The Morgan fingerprint density at radius 3 is 2.45 bits per heavy atom. The molecule has 3 aromatic carbocycles. The second-order valence-corrected chi connectivity index (χ2v) is 9.66. The van der Waals surface area contributed by atoms with E-state index in [0.29, 0.717) is 44.0 Å². The van der Waals surface area contributed by atoms with Gasteiger partial charge in [0.1, 0.15) is 28.9 Å². The van der Waals surface area contributed by atoms with Crippen molar-refractivity contribution in [3.63, 3.8) is 0 Å². The molecule has 198 valence electrons. The van der Waals surface area contributed by atoms with Crippen LogP contribution in [-0.2, 0) is 0 Å². The highest BCUT2D eigenvalue weighted by Gasteiger charge is 2.24. The zero-order valence-electron chi connectivity index (χ0n) is 21.7. The van der Waals surface area contributed by atoms with Gasteiger partial charge in [0, 0.05) is 23.3 Å². The minimum absolute atomic E-state index is 0.217. The monoisotopic (exact) mass is 549 g/mol. The number of nitrogens with one attached hydrogen (secondary N) is 2. The zero-order chi connectivity index (χ0) is 27.8. The molecule has 0 spiro atoms. The lowest BCUT2D eigenvalue weighted by molar-refractivity contribution is 0.415. The number of hydrogen-bond donors (Lipinski definition) is 2. The van der Waals surface area contributed by atoms with Crippen molar-refractivity contribution in [2.45, 2.75) is 13.0 Å². The Balaban J connectivity index is 1.60. The van der Waals surface area contributed by atoms with Gasteiger partial charge in [0.2, 0.25) is 0 Å². The third-order valence-corrected chi connectivity index (χ3v) is 7.31. The van der Waals surface area contributed by atoms with Crippen molar-refractivity contribution in [1.29, 1.82) is 0 Å². The number of para-hydroxylation sites is 1. The number of pyridine rings is 2. The standard InChI is InChI=1S/C31H24ClN5O3/c1-18(36-30-26-24(38)15-16-33-29(26)34-17-35-30)28-27(32)23-10-6-9-22(19-11-13-21(40-2)14-12-19)25(23)31(39)37(28)20-7-4-3-5-8-20/h3-18H,1-2H3,(H2,33,34,35,36,38)/t18-/m0/s1. The van der Waals surface area contributed by atoms with Crippen LogP contribution in [0.25, 0.3) is 38.6 Å². The minimum atomic E-state index is -0.521. The van der Waals surface area contributed by atoms with Gasteiger partial charge in [-0.25, -0.2) is 9.97 Å². The summed E-state index contributed by atoms with van der Waals surface area (Å²) in [7, 11) is 1.61. The van der Waals surface area contributed by atoms with E-state index in [1.54, 1.807) is 17.9 Å². The number of methoxy groups -OCH3 is 1. The van der Waals surface area contributed by atoms with E-state index in [0.717, 1.165) is 16.9 Å². The summed E-state index contributed by atoms with van der Waals surface area (Å²) in [6.07, 6.45) is 2.92. The Morgan fingerprint density at radius 2 is 1.70 bits per heavy atom. The van der Waals surface area contributed by atoms with E-state index in [9.17, 15) is 9.59 Å². The summed E-state index contributed by atoms with van der Waals surface area (Å²) in [5.74, 6) is 1.07. The predicted molar refractivity (Wildman–Crippen MR) is 159 cm³/mol. The van der Waals surface area contributed by atoms with Crippen LogP contribution in [0, 0.1) is 0 Å². The number of nitrogens with zero attached hydrogens (tertiary/aromatic N) is 3. The van der Waals surface area contributed by atoms with Crippen LogP contribution >= 0.6 is 11.6 Å². The molecule has 0 fully saturated rings. The molecule has 8 nitrogen and oxygen atoms in total. The fourth-order valence-corrected chi connectivity index (χ4v) is 5.45. The maximum atomic E-state index is 14.4. The Kier molecular flexibility index (Phi) is 6.53. The molecule has 0 aliphatic heterocycles. The molecule has 0 saturated heterocycles. The fraction of sp³-hybridized carbons (Fsp3) is 0.0968. The number of H-pyrrole nitrogens is 1. The first-order valence-corrected chi connectivity index (χ1v) is 13.0. The van der Waals surface area contributed by atoms with E-state index < -0.39 is 6.04 Å². The summed E-state index contributed by atoms with van der Waals surface area (Å²) in [4.78, 5) is 38.6. The SMILES string of the molecule is COc1ccc(-c2cccc3c(Cl)c([C@H](C)Nc4ncnc5[nH]ccc(=O)c45)n(-c4ccccc4)c(=O)c23)cc1. The Morgan fingerprint density at radius 1 is 0.925 bits per heavy atom. The number of aromatic nitrogens is 4. The highest BCUT2D eigenvalue weighted by molar-refractivity contribution is 6.36. The number of halogens is 1. The maximum absolute atomic E-state index is 14.4. The van der Waals surface area contributed by atoms with Crippen LogP contribution in [0.2, 0.25) is 5.02 Å². The van der Waals surface area contributed by atoms with Crippen molar-refractivity contribution in [3.05, 3.63) is 123 Å². The van der Waals surface area contributed by atoms with E-state index in [2.05, 4.69) is 20.3 Å². The predicted octanol–water partition coefficient (Wildman–Crippen LogP) is 6.12. The van der Waals surface area contributed by atoms with Crippen LogP contribution < -0.4 is 21.0 Å². The number of fused-ring (bicyclic) bond motifs is 2. The van der Waals surface area contributed by atoms with E-state index in [1.165, 1.54) is 12.4 Å². The minimum Gasteiger partial charge on any atom is -0.497 e. The molecular weight excluding hydrogens is 526 g/mol. The van der Waals surface area contributed by atoms with Crippen LogP contribution in [0.3, 0.4) is 0 Å². The molecule has 3 aromatic heterocycles. The van der Waals surface area contributed by atoms with Gasteiger partial charge in [0.25, 0.3) is 5.56 Å². The molecule has 0 bridgehead atoms. The second-order valence-electron chi connectivity index (χ2n) is 9.29. The first kappa shape index (κ1) is 25.3. The lowest BCUT2D eigenvalue weighted by atomic mass is 9.97. The molecule has 6 aromatic rings. The number of benzene rings is 3. The molecule has 0 amide bonds. The first-order valence-electron chi connectivity index (χ1n) is 12.6. The molecular formula is C31H24ClN5O3. The number of ether oxygens (including phenoxy) is 1. The third-order valence-electron chi connectivity index (χ3n) is 6.91. The van der Waals surface area contributed by atoms with Crippen LogP contribution in [0.1, 0.15) is 18.7 Å². The van der Waals surface area contributed by atoms with Crippen LogP contribution in [0.4, 0.5) is 5.82 Å². The number of rotatable bonds is 6. The molecule has 0 unspecified atom stereocenters. The average Bonchev–Trinajstić information content (AvgIpc) is 2.99. The lowest BCUT2D eigenvalue weighted by Gasteiger charge is -2.24. The van der Waals surface area contributed by atoms with Gasteiger partial charge >= 0.3 is 0 Å². The van der Waals surface area contributed by atoms with Crippen LogP contribution in [0.5, 0.6) is 5.75 Å². The summed E-state index contributed by atoms with van der Waals surface area (Å²) in [5, 5.41) is 5.18. The van der Waals surface area contributed by atoms with Gasteiger partial charge in [-0.2, -0.15) is 0 Å². The summed E-state index contributed by atoms with van der Waals surface area (Å²) >= 11 is 7.17. The molecule has 0 aliphatic rings. The molecule has 6 rings (SSSR count). The molecule has 40 heavy (non-hydrogen) atoms. The molecule has 9 heteroatoms. The van der Waals surface area contributed by atoms with Crippen LogP contribution in [-0.4, -0.2) is 26.6 Å². The number of anilines is 1. The van der Waals surface area contributed by atoms with Crippen molar-refractivity contribution in [1.82, 2.24) is 19.5 Å². The van der Waals surface area contributed by atoms with Gasteiger partial charge in [-0.3, -0.25) is 14.2 Å². The van der Waals surface area contributed by atoms with E-state index >= 15 is 0 Å². The molecule has 1 atom stereocenters. The maximum Gasteiger partial charge on any atom is 0.263 e. The summed E-state index contributed by atoms with van der Waals surface area (Å²) < 4.78 is 6.94. The normalized spacial score (nSPS) is 12.0. The van der Waals surface area contributed by atoms with Crippen molar-refractivity contribution >= 4 is 39.2 Å². The summed E-state index contributed by atoms with van der Waals surface area (Å²) in [6.45, 7) is 1.88. The summed E-state index contributed by atoms with van der Waals surface area (Å²) in [5.41, 5.74) is 2.80. The van der Waals surface area contributed by atoms with Gasteiger partial charge in [-0.05, 0) is 42.3 Å². The van der Waals surface area contributed by atoms with Gasteiger partial charge in [-0.15, -0.1) is 0 Å². The van der Waals surface area contributed by atoms with Crippen molar-refractivity contribution in [2.24, 2.45) is 0 Å². The van der Waals surface area contributed by atoms with E-state index in [1.807, 2.05) is 79.7 Å². The molecule has 0 radical (unpaired) electrons. The molecule has 3 heterocycles. The molecule has 0 saturated carbocycles. The van der Waals surface area contributed by atoms with Gasteiger partial charge in [0.05, 0.1) is 29.3 Å². The Bertz CT molecular complexity index is 1980. The molecule has 2 N–H and O–H groups in total. The summed E-state index contributed by atoms with van der Waals surface area (Å²) in [6, 6.07) is 23.5. The van der Waals surface area contributed by atoms with Crippen molar-refractivity contribution in [2.75, 3.05) is 12.4 Å². The fourth-order valence-electron chi connectivity index (χ4n) is 5.04. The zero-order valence-corrected chi connectivity index (χ0v) is 22.4. The van der Waals surface area contributed by atoms with Crippen molar-refractivity contribution < 1.29 is 4.74 Å². The van der Waals surface area contributed by atoms with Crippen LogP contribution in [0.15, 0.2) is 101 Å². The highest BCUT2D eigenvalue weighted by Crippen LogP contribution is 2.36. The highest BCUT2D eigenvalue weighted by atomic mass is 35.5. The second kappa shape index (κ2) is 10.3. The van der Waals surface area contributed by atoms with Crippen molar-refractivity contribution in [3.8, 4) is 22.6 Å². The first-order chi connectivity index (χ1) is 19.5. The molecule has 0 aliphatic carbocycles. The quantitative estimate of drug-likeness (QED) is 0.259. The van der Waals surface area contributed by atoms with Gasteiger partial charge in [0.15, 0.2) is 5.43 Å². The van der Waals surface area contributed by atoms with E-state index in [4.69, 9.17) is 16.3 Å². The Labute approximate surface area is 233 Å². The smallest absolute Gasteiger partial charge is 0.263 e. The van der Waals surface area contributed by atoms with E-state index in [-0.39, 0.29) is 11.0 Å². The Hall–Kier alpha value is -4.95. The lowest BCUT2D eigenvalue weighted by Crippen LogP contribution is -2.27. The largest absolute Gasteiger partial charge is 0.497 e. The number of hydrogen-bond acceptors (Lipinski definition) is 6. The third kappa shape index (κ3) is 4.28. The average molecular weight is 550 g/mol. The topological polar surface area (TPSA) is 102 Å². The van der Waals surface area contributed by atoms with Gasteiger partial charge < -0.3 is 15.0 Å².